The van der Waals surface area contributed by atoms with E-state index in [1.807, 2.05) is 25.2 Å². The highest BCUT2D eigenvalue weighted by molar-refractivity contribution is 5.15. The lowest BCUT2D eigenvalue weighted by Crippen LogP contribution is -1.77. The van der Waals surface area contributed by atoms with E-state index in [9.17, 15) is 0 Å². The third kappa shape index (κ3) is 3.59. The summed E-state index contributed by atoms with van der Waals surface area (Å²) in [6, 6.07) is 0. The van der Waals surface area contributed by atoms with Gasteiger partial charge >= 0.3 is 0 Å². The van der Waals surface area contributed by atoms with Crippen molar-refractivity contribution in [2.24, 2.45) is 0 Å². The Morgan fingerprint density at radius 1 is 1.56 bits per heavy atom. The number of hydrogen-bond acceptors (Lipinski definition) is 1. The van der Waals surface area contributed by atoms with E-state index in [4.69, 9.17) is 4.74 Å². The maximum Gasteiger partial charge on any atom is 0.118 e. The fraction of sp³-hybridized carbons (Fsp3) is 0.250. The molecule has 0 saturated heterocycles. The molecule has 0 aromatic rings. The standard InChI is InChI=1S/C8H12O/c1-4-6-7-8(5-2)9-3/h4-7H,2H2,1,3H3. The van der Waals surface area contributed by atoms with Gasteiger partial charge in [-0.25, -0.2) is 0 Å². The van der Waals surface area contributed by atoms with Crippen molar-refractivity contribution in [3.05, 3.63) is 36.6 Å². The van der Waals surface area contributed by atoms with Gasteiger partial charge in [-0.2, -0.15) is 0 Å². The Morgan fingerprint density at radius 3 is 2.56 bits per heavy atom. The van der Waals surface area contributed by atoms with Gasteiger partial charge in [0.1, 0.15) is 5.76 Å². The van der Waals surface area contributed by atoms with Crippen molar-refractivity contribution in [1.82, 2.24) is 0 Å². The molecule has 0 aromatic heterocycles. The smallest absolute Gasteiger partial charge is 0.118 e. The molecule has 9 heavy (non-hydrogen) atoms. The molecule has 0 heterocycles. The summed E-state index contributed by atoms with van der Waals surface area (Å²) < 4.78 is 4.89. The average molecular weight is 124 g/mol. The van der Waals surface area contributed by atoms with Gasteiger partial charge in [0, 0.05) is 0 Å². The first-order valence-corrected chi connectivity index (χ1v) is 2.84. The quantitative estimate of drug-likeness (QED) is 0.414. The summed E-state index contributed by atoms with van der Waals surface area (Å²) in [6.07, 6.45) is 7.36. The Bertz CT molecular complexity index is 132. The van der Waals surface area contributed by atoms with Crippen LogP contribution in [0.2, 0.25) is 0 Å². The van der Waals surface area contributed by atoms with Crippen LogP contribution >= 0.6 is 0 Å². The summed E-state index contributed by atoms with van der Waals surface area (Å²) in [6.45, 7) is 5.51. The van der Waals surface area contributed by atoms with Gasteiger partial charge in [-0.1, -0.05) is 18.7 Å². The molecule has 0 saturated carbocycles. The van der Waals surface area contributed by atoms with E-state index < -0.39 is 0 Å². The maximum absolute atomic E-state index is 4.89. The van der Waals surface area contributed by atoms with Crippen molar-refractivity contribution in [3.8, 4) is 0 Å². The summed E-state index contributed by atoms with van der Waals surface area (Å²) in [5.41, 5.74) is 0. The van der Waals surface area contributed by atoms with Crippen LogP contribution < -0.4 is 0 Å². The minimum atomic E-state index is 0.785. The van der Waals surface area contributed by atoms with Gasteiger partial charge in [-0.3, -0.25) is 0 Å². The number of rotatable bonds is 3. The molecule has 0 spiro atoms. The van der Waals surface area contributed by atoms with Crippen molar-refractivity contribution in [3.63, 3.8) is 0 Å². The van der Waals surface area contributed by atoms with Gasteiger partial charge in [0.2, 0.25) is 0 Å². The molecule has 0 aliphatic carbocycles. The van der Waals surface area contributed by atoms with Gasteiger partial charge < -0.3 is 4.74 Å². The molecule has 1 heteroatoms. The second kappa shape index (κ2) is 5.16. The number of ether oxygens (including phenoxy) is 1. The molecule has 50 valence electrons. The summed E-state index contributed by atoms with van der Waals surface area (Å²) in [4.78, 5) is 0. The zero-order chi connectivity index (χ0) is 7.11. The predicted molar refractivity (Wildman–Crippen MR) is 40.1 cm³/mol. The second-order valence-corrected chi connectivity index (χ2v) is 1.50. The molecular formula is C8H12O. The highest BCUT2D eigenvalue weighted by Gasteiger charge is 1.79. The predicted octanol–water partition coefficient (Wildman–Crippen LogP) is 2.28. The summed E-state index contributed by atoms with van der Waals surface area (Å²) in [5, 5.41) is 0. The van der Waals surface area contributed by atoms with Crippen LogP contribution in [0, 0.1) is 0 Å². The Balaban J connectivity index is 3.90. The lowest BCUT2D eigenvalue weighted by molar-refractivity contribution is 0.307. The Morgan fingerprint density at radius 2 is 2.22 bits per heavy atom. The van der Waals surface area contributed by atoms with Crippen LogP contribution in [0.25, 0.3) is 0 Å². The molecule has 0 unspecified atom stereocenters. The van der Waals surface area contributed by atoms with Crippen molar-refractivity contribution < 1.29 is 4.74 Å². The maximum atomic E-state index is 4.89. The zero-order valence-corrected chi connectivity index (χ0v) is 5.92. The van der Waals surface area contributed by atoms with Crippen LogP contribution in [-0.4, -0.2) is 7.11 Å². The molecule has 0 amide bonds. The lowest BCUT2D eigenvalue weighted by atomic mass is 10.4. The van der Waals surface area contributed by atoms with Crippen LogP contribution in [0.5, 0.6) is 0 Å². The zero-order valence-electron chi connectivity index (χ0n) is 5.92. The molecule has 0 aliphatic heterocycles. The molecule has 1 nitrogen and oxygen atoms in total. The second-order valence-electron chi connectivity index (χ2n) is 1.50. The van der Waals surface area contributed by atoms with E-state index in [0.717, 1.165) is 5.76 Å². The minimum absolute atomic E-state index is 0.785. The summed E-state index contributed by atoms with van der Waals surface area (Å²) in [7, 11) is 1.62. The topological polar surface area (TPSA) is 9.23 Å². The van der Waals surface area contributed by atoms with E-state index >= 15 is 0 Å². The number of methoxy groups -OCH3 is 1. The van der Waals surface area contributed by atoms with E-state index in [1.54, 1.807) is 13.2 Å². The average Bonchev–Trinajstić information content (AvgIpc) is 1.91. The third-order valence-corrected chi connectivity index (χ3v) is 0.890. The van der Waals surface area contributed by atoms with Crippen LogP contribution in [0.1, 0.15) is 6.92 Å². The molecule has 0 rings (SSSR count). The fourth-order valence-corrected chi connectivity index (χ4v) is 0.410. The fourth-order valence-electron chi connectivity index (χ4n) is 0.410. The van der Waals surface area contributed by atoms with Gasteiger partial charge in [-0.15, -0.1) is 0 Å². The molecule has 0 fully saturated rings. The Hall–Kier alpha value is -0.980. The van der Waals surface area contributed by atoms with Crippen molar-refractivity contribution >= 4 is 0 Å². The van der Waals surface area contributed by atoms with Gasteiger partial charge in [0.15, 0.2) is 0 Å². The monoisotopic (exact) mass is 124 g/mol. The minimum Gasteiger partial charge on any atom is -0.497 e. The summed E-state index contributed by atoms with van der Waals surface area (Å²) in [5.74, 6) is 0.785. The molecule has 0 radical (unpaired) electrons. The van der Waals surface area contributed by atoms with E-state index in [1.165, 1.54) is 0 Å². The van der Waals surface area contributed by atoms with Gasteiger partial charge in [0.05, 0.1) is 7.11 Å². The SMILES string of the molecule is C=CC(=CC=CC)OC. The molecule has 0 atom stereocenters. The largest absolute Gasteiger partial charge is 0.497 e. The highest BCUT2D eigenvalue weighted by atomic mass is 16.5. The Kier molecular flexibility index (Phi) is 4.60. The lowest BCUT2D eigenvalue weighted by Gasteiger charge is -1.94. The molecule has 0 aliphatic rings. The highest BCUT2D eigenvalue weighted by Crippen LogP contribution is 1.94. The van der Waals surface area contributed by atoms with E-state index in [0.29, 0.717) is 0 Å². The summed E-state index contributed by atoms with van der Waals surface area (Å²) >= 11 is 0. The first-order valence-electron chi connectivity index (χ1n) is 2.84. The molecular weight excluding hydrogens is 112 g/mol. The first-order chi connectivity index (χ1) is 4.35. The third-order valence-electron chi connectivity index (χ3n) is 0.890. The molecule has 0 aromatic carbocycles. The van der Waals surface area contributed by atoms with Crippen LogP contribution in [0.4, 0.5) is 0 Å². The number of allylic oxidation sites excluding steroid dienone is 4. The van der Waals surface area contributed by atoms with Crippen LogP contribution in [0.3, 0.4) is 0 Å². The van der Waals surface area contributed by atoms with Crippen LogP contribution in [0.15, 0.2) is 36.6 Å². The van der Waals surface area contributed by atoms with Gasteiger partial charge in [0.25, 0.3) is 0 Å². The van der Waals surface area contributed by atoms with Gasteiger partial charge in [-0.05, 0) is 19.1 Å². The van der Waals surface area contributed by atoms with E-state index in [-0.39, 0.29) is 0 Å². The molecule has 0 bridgehead atoms. The number of hydrogen-bond donors (Lipinski definition) is 0. The van der Waals surface area contributed by atoms with E-state index in [2.05, 4.69) is 6.58 Å². The normalized spacial score (nSPS) is 12.0. The van der Waals surface area contributed by atoms with Crippen molar-refractivity contribution in [2.45, 2.75) is 6.92 Å². The van der Waals surface area contributed by atoms with Crippen molar-refractivity contribution in [2.75, 3.05) is 7.11 Å². The first kappa shape index (κ1) is 8.02. The van der Waals surface area contributed by atoms with Crippen LogP contribution in [-0.2, 0) is 4.74 Å². The Labute approximate surface area is 56.3 Å². The van der Waals surface area contributed by atoms with Crippen molar-refractivity contribution in [1.29, 1.82) is 0 Å². The molecule has 0 N–H and O–H groups in total.